The van der Waals surface area contributed by atoms with Crippen LogP contribution in [0.25, 0.3) is 5.82 Å². The molecule has 3 aromatic rings. The second kappa shape index (κ2) is 6.25. The third-order valence-corrected chi connectivity index (χ3v) is 4.43. The molecule has 0 saturated heterocycles. The van der Waals surface area contributed by atoms with Gasteiger partial charge in [0, 0.05) is 18.6 Å². The summed E-state index contributed by atoms with van der Waals surface area (Å²) in [6, 6.07) is 11.2. The van der Waals surface area contributed by atoms with Gasteiger partial charge in [-0.25, -0.2) is 18.1 Å². The van der Waals surface area contributed by atoms with Crippen molar-refractivity contribution in [1.29, 1.82) is 0 Å². The largest absolute Gasteiger partial charge is 0.321 e. The van der Waals surface area contributed by atoms with Crippen LogP contribution < -0.4 is 5.32 Å². The number of carbonyl (C=O) groups is 1. The molecule has 8 heteroatoms. The molecule has 0 unspecified atom stereocenters. The standard InChI is InChI=1S/C16H14N4O3S/c1-24(22,23)14-6-3-2-5-13(14)16(21)19-12-7-8-15(17-11-12)20-10-4-9-18-20/h2-11H,1H3,(H,19,21). The molecular weight excluding hydrogens is 328 g/mol. The van der Waals surface area contributed by atoms with Crippen LogP contribution in [-0.2, 0) is 9.84 Å². The normalized spacial score (nSPS) is 11.2. The van der Waals surface area contributed by atoms with Crippen LogP contribution >= 0.6 is 0 Å². The molecular formula is C16H14N4O3S. The van der Waals surface area contributed by atoms with Crippen molar-refractivity contribution in [2.24, 2.45) is 0 Å². The highest BCUT2D eigenvalue weighted by atomic mass is 32.2. The van der Waals surface area contributed by atoms with E-state index >= 15 is 0 Å². The Balaban J connectivity index is 1.83. The molecule has 1 amide bonds. The Kier molecular flexibility index (Phi) is 4.13. The van der Waals surface area contributed by atoms with E-state index < -0.39 is 15.7 Å². The summed E-state index contributed by atoms with van der Waals surface area (Å²) in [7, 11) is -3.50. The van der Waals surface area contributed by atoms with Gasteiger partial charge in [-0.3, -0.25) is 4.79 Å². The van der Waals surface area contributed by atoms with E-state index in [0.29, 0.717) is 11.5 Å². The van der Waals surface area contributed by atoms with Crippen molar-refractivity contribution in [2.45, 2.75) is 4.90 Å². The van der Waals surface area contributed by atoms with Crippen molar-refractivity contribution < 1.29 is 13.2 Å². The summed E-state index contributed by atoms with van der Waals surface area (Å²) >= 11 is 0. The number of amides is 1. The van der Waals surface area contributed by atoms with E-state index in [1.807, 2.05) is 0 Å². The smallest absolute Gasteiger partial charge is 0.257 e. The molecule has 7 nitrogen and oxygen atoms in total. The number of anilines is 1. The summed E-state index contributed by atoms with van der Waals surface area (Å²) in [4.78, 5) is 16.6. The average molecular weight is 342 g/mol. The van der Waals surface area contributed by atoms with Crippen LogP contribution in [0.15, 0.2) is 66.0 Å². The van der Waals surface area contributed by atoms with E-state index in [1.165, 1.54) is 18.3 Å². The lowest BCUT2D eigenvalue weighted by Gasteiger charge is -2.09. The van der Waals surface area contributed by atoms with Crippen molar-refractivity contribution in [3.05, 3.63) is 66.6 Å². The lowest BCUT2D eigenvalue weighted by molar-refractivity contribution is 0.102. The molecule has 2 aromatic heterocycles. The van der Waals surface area contributed by atoms with Gasteiger partial charge < -0.3 is 5.32 Å². The minimum absolute atomic E-state index is 0.0105. The van der Waals surface area contributed by atoms with E-state index in [2.05, 4.69) is 15.4 Å². The molecule has 0 radical (unpaired) electrons. The zero-order chi connectivity index (χ0) is 17.2. The average Bonchev–Trinajstić information content (AvgIpc) is 3.09. The molecule has 0 aliphatic rings. The van der Waals surface area contributed by atoms with Crippen LogP contribution in [0.3, 0.4) is 0 Å². The summed E-state index contributed by atoms with van der Waals surface area (Å²) in [5.41, 5.74) is 0.551. The maximum Gasteiger partial charge on any atom is 0.257 e. The van der Waals surface area contributed by atoms with Crippen LogP contribution in [-0.4, -0.2) is 35.3 Å². The fourth-order valence-electron chi connectivity index (χ4n) is 2.18. The maximum absolute atomic E-state index is 12.4. The lowest BCUT2D eigenvalue weighted by Crippen LogP contribution is -2.16. The van der Waals surface area contributed by atoms with Gasteiger partial charge in [-0.15, -0.1) is 0 Å². The molecule has 2 heterocycles. The summed E-state index contributed by atoms with van der Waals surface area (Å²) < 4.78 is 25.2. The SMILES string of the molecule is CS(=O)(=O)c1ccccc1C(=O)Nc1ccc(-n2cccn2)nc1. The number of nitrogens with zero attached hydrogens (tertiary/aromatic N) is 3. The number of hydrogen-bond donors (Lipinski definition) is 1. The Labute approximate surface area is 138 Å². The Bertz CT molecular complexity index is 965. The van der Waals surface area contributed by atoms with Crippen LogP contribution in [0.5, 0.6) is 0 Å². The Morgan fingerprint density at radius 3 is 2.54 bits per heavy atom. The summed E-state index contributed by atoms with van der Waals surface area (Å²) in [6.45, 7) is 0. The maximum atomic E-state index is 12.4. The molecule has 3 rings (SSSR count). The van der Waals surface area contributed by atoms with E-state index in [4.69, 9.17) is 0 Å². The van der Waals surface area contributed by atoms with Crippen LogP contribution in [0.2, 0.25) is 0 Å². The quantitative estimate of drug-likeness (QED) is 0.782. The molecule has 24 heavy (non-hydrogen) atoms. The fourth-order valence-corrected chi connectivity index (χ4v) is 3.06. The first kappa shape index (κ1) is 15.9. The molecule has 0 fully saturated rings. The highest BCUT2D eigenvalue weighted by Crippen LogP contribution is 2.17. The molecule has 122 valence electrons. The van der Waals surface area contributed by atoms with Crippen molar-refractivity contribution in [3.8, 4) is 5.82 Å². The zero-order valence-corrected chi connectivity index (χ0v) is 13.6. The van der Waals surface area contributed by atoms with Gasteiger partial charge in [0.2, 0.25) is 0 Å². The minimum Gasteiger partial charge on any atom is -0.321 e. The van der Waals surface area contributed by atoms with E-state index in [9.17, 15) is 13.2 Å². The molecule has 1 N–H and O–H groups in total. The van der Waals surface area contributed by atoms with Crippen LogP contribution in [0.1, 0.15) is 10.4 Å². The molecule has 0 aliphatic carbocycles. The monoisotopic (exact) mass is 342 g/mol. The van der Waals surface area contributed by atoms with Crippen molar-refractivity contribution in [2.75, 3.05) is 11.6 Å². The van der Waals surface area contributed by atoms with E-state index in [-0.39, 0.29) is 10.5 Å². The molecule has 1 aromatic carbocycles. The first-order valence-electron chi connectivity index (χ1n) is 7.02. The van der Waals surface area contributed by atoms with E-state index in [0.717, 1.165) is 6.26 Å². The predicted molar refractivity (Wildman–Crippen MR) is 88.9 cm³/mol. The number of carbonyl (C=O) groups excluding carboxylic acids is 1. The van der Waals surface area contributed by atoms with Gasteiger partial charge in [-0.2, -0.15) is 5.10 Å². The number of benzene rings is 1. The summed E-state index contributed by atoms with van der Waals surface area (Å²) in [6.07, 6.45) is 5.94. The van der Waals surface area contributed by atoms with Gasteiger partial charge in [0.05, 0.1) is 22.3 Å². The number of aromatic nitrogens is 3. The zero-order valence-electron chi connectivity index (χ0n) is 12.7. The highest BCUT2D eigenvalue weighted by Gasteiger charge is 2.18. The Morgan fingerprint density at radius 2 is 1.92 bits per heavy atom. The van der Waals surface area contributed by atoms with Gasteiger partial charge in [0.25, 0.3) is 5.91 Å². The Morgan fingerprint density at radius 1 is 1.12 bits per heavy atom. The minimum atomic E-state index is -3.50. The van der Waals surface area contributed by atoms with Gasteiger partial charge in [-0.1, -0.05) is 12.1 Å². The molecule has 0 aliphatic heterocycles. The first-order valence-corrected chi connectivity index (χ1v) is 8.91. The van der Waals surface area contributed by atoms with Gasteiger partial charge in [0.1, 0.15) is 0 Å². The number of sulfone groups is 1. The highest BCUT2D eigenvalue weighted by molar-refractivity contribution is 7.90. The Hall–Kier alpha value is -3.00. The topological polar surface area (TPSA) is 94.0 Å². The molecule has 0 saturated carbocycles. The first-order chi connectivity index (χ1) is 11.4. The third kappa shape index (κ3) is 3.33. The summed E-state index contributed by atoms with van der Waals surface area (Å²) in [5, 5.41) is 6.71. The second-order valence-corrected chi connectivity index (χ2v) is 7.06. The molecule has 0 spiro atoms. The van der Waals surface area contributed by atoms with Crippen LogP contribution in [0.4, 0.5) is 5.69 Å². The fraction of sp³-hybridized carbons (Fsp3) is 0.0625. The predicted octanol–water partition coefficient (Wildman–Crippen LogP) is 1.92. The lowest BCUT2D eigenvalue weighted by atomic mass is 10.2. The van der Waals surface area contributed by atoms with Crippen LogP contribution in [0, 0.1) is 0 Å². The second-order valence-electron chi connectivity index (χ2n) is 5.08. The molecule has 0 bridgehead atoms. The number of nitrogens with one attached hydrogen (secondary N) is 1. The van der Waals surface area contributed by atoms with Crippen molar-refractivity contribution in [3.63, 3.8) is 0 Å². The summed E-state index contributed by atoms with van der Waals surface area (Å²) in [5.74, 6) is 0.0965. The van der Waals surface area contributed by atoms with Gasteiger partial charge in [0.15, 0.2) is 15.7 Å². The third-order valence-electron chi connectivity index (χ3n) is 3.28. The van der Waals surface area contributed by atoms with Crippen molar-refractivity contribution in [1.82, 2.24) is 14.8 Å². The van der Waals surface area contributed by atoms with Crippen molar-refractivity contribution >= 4 is 21.4 Å². The number of rotatable bonds is 4. The molecule has 0 atom stereocenters. The number of pyridine rings is 1. The number of hydrogen-bond acceptors (Lipinski definition) is 5. The van der Waals surface area contributed by atoms with E-state index in [1.54, 1.807) is 47.4 Å². The van der Waals surface area contributed by atoms with Gasteiger partial charge in [-0.05, 0) is 30.3 Å². The van der Waals surface area contributed by atoms with Gasteiger partial charge >= 0.3 is 0 Å².